The fourth-order valence-corrected chi connectivity index (χ4v) is 5.53. The Labute approximate surface area is 195 Å². The van der Waals surface area contributed by atoms with Crippen molar-refractivity contribution in [2.24, 2.45) is 5.92 Å². The maximum absolute atomic E-state index is 12.4. The summed E-state index contributed by atoms with van der Waals surface area (Å²) in [6.45, 7) is -0.403. The van der Waals surface area contributed by atoms with E-state index in [-0.39, 0.29) is 11.8 Å². The zero-order valence-electron chi connectivity index (χ0n) is 17.1. The van der Waals surface area contributed by atoms with Crippen molar-refractivity contribution in [1.29, 1.82) is 0 Å². The first-order valence-electron chi connectivity index (χ1n) is 10.3. The van der Waals surface area contributed by atoms with Crippen LogP contribution in [0.3, 0.4) is 0 Å². The highest BCUT2D eigenvalue weighted by atomic mass is 35.5. The highest BCUT2D eigenvalue weighted by Gasteiger charge is 2.31. The van der Waals surface area contributed by atoms with Gasteiger partial charge < -0.3 is 10.6 Å². The van der Waals surface area contributed by atoms with Crippen LogP contribution in [0.1, 0.15) is 23.3 Å². The maximum atomic E-state index is 12.4. The van der Waals surface area contributed by atoms with Crippen molar-refractivity contribution in [3.05, 3.63) is 46.3 Å². The predicted molar refractivity (Wildman–Crippen MR) is 120 cm³/mol. The lowest BCUT2D eigenvalue weighted by Gasteiger charge is -2.22. The molecular formula is C21H18ClF3N6OS. The SMILES string of the molecule is O=C(NCCC(F)(F)F)[C@H]1CCc2c(sc3ncnc(Nc4cc5ccnn5cc4Cl)c23)C1. The van der Waals surface area contributed by atoms with E-state index < -0.39 is 19.1 Å². The van der Waals surface area contributed by atoms with Gasteiger partial charge in [0.2, 0.25) is 5.91 Å². The first-order chi connectivity index (χ1) is 15.8. The van der Waals surface area contributed by atoms with Crippen LogP contribution in [0.5, 0.6) is 0 Å². The number of nitrogens with zero attached hydrogens (tertiary/aromatic N) is 4. The molecule has 4 heterocycles. The van der Waals surface area contributed by atoms with E-state index in [0.29, 0.717) is 35.8 Å². The number of anilines is 2. The van der Waals surface area contributed by atoms with Crippen LogP contribution in [-0.2, 0) is 17.6 Å². The predicted octanol–water partition coefficient (Wildman–Crippen LogP) is 4.91. The lowest BCUT2D eigenvalue weighted by Crippen LogP contribution is -2.35. The van der Waals surface area contributed by atoms with Crippen molar-refractivity contribution in [2.75, 3.05) is 11.9 Å². The van der Waals surface area contributed by atoms with E-state index in [1.165, 1.54) is 17.7 Å². The second-order valence-corrected chi connectivity index (χ2v) is 9.35. The van der Waals surface area contributed by atoms with Gasteiger partial charge in [0, 0.05) is 29.7 Å². The van der Waals surface area contributed by atoms with Crippen LogP contribution in [0.25, 0.3) is 15.7 Å². The normalized spacial score (nSPS) is 16.2. The summed E-state index contributed by atoms with van der Waals surface area (Å²) in [6, 6.07) is 3.74. The molecule has 0 fully saturated rings. The van der Waals surface area contributed by atoms with E-state index in [9.17, 15) is 18.0 Å². The molecule has 0 saturated heterocycles. The van der Waals surface area contributed by atoms with Crippen LogP contribution >= 0.6 is 22.9 Å². The number of carbonyl (C=O) groups excluding carboxylic acids is 1. The zero-order chi connectivity index (χ0) is 23.2. The smallest absolute Gasteiger partial charge is 0.356 e. The summed E-state index contributed by atoms with van der Waals surface area (Å²) in [5.74, 6) is -0.0779. The van der Waals surface area contributed by atoms with Crippen LogP contribution in [0.15, 0.2) is 30.9 Å². The molecule has 1 aliphatic rings. The maximum Gasteiger partial charge on any atom is 0.390 e. The molecule has 0 spiro atoms. The number of amides is 1. The summed E-state index contributed by atoms with van der Waals surface area (Å²) in [7, 11) is 0. The van der Waals surface area contributed by atoms with Gasteiger partial charge in [-0.15, -0.1) is 11.3 Å². The molecule has 0 radical (unpaired) electrons. The van der Waals surface area contributed by atoms with Gasteiger partial charge in [-0.05, 0) is 37.0 Å². The van der Waals surface area contributed by atoms with Gasteiger partial charge in [0.15, 0.2) is 0 Å². The van der Waals surface area contributed by atoms with E-state index in [4.69, 9.17) is 11.6 Å². The number of carbonyl (C=O) groups is 1. The number of hydrogen-bond donors (Lipinski definition) is 2. The number of halogens is 4. The third kappa shape index (κ3) is 4.47. The third-order valence-corrected chi connectivity index (χ3v) is 7.13. The molecule has 0 bridgehead atoms. The number of thiophene rings is 1. The number of alkyl halides is 3. The summed E-state index contributed by atoms with van der Waals surface area (Å²) in [4.78, 5) is 23.0. The van der Waals surface area contributed by atoms with Crippen LogP contribution in [-0.4, -0.2) is 38.2 Å². The third-order valence-electron chi connectivity index (χ3n) is 5.66. The van der Waals surface area contributed by atoms with Crippen molar-refractivity contribution in [3.63, 3.8) is 0 Å². The Morgan fingerprint density at radius 3 is 3.00 bits per heavy atom. The molecule has 1 amide bonds. The number of fused-ring (bicyclic) bond motifs is 4. The van der Waals surface area contributed by atoms with E-state index >= 15 is 0 Å². The Kier molecular flexibility index (Phi) is 5.61. The lowest BCUT2D eigenvalue weighted by molar-refractivity contribution is -0.136. The van der Waals surface area contributed by atoms with Crippen molar-refractivity contribution >= 4 is 56.1 Å². The second-order valence-electron chi connectivity index (χ2n) is 7.86. The first-order valence-corrected chi connectivity index (χ1v) is 11.5. The quantitative estimate of drug-likeness (QED) is 0.412. The molecule has 0 aliphatic heterocycles. The number of nitrogens with one attached hydrogen (secondary N) is 2. The molecule has 172 valence electrons. The summed E-state index contributed by atoms with van der Waals surface area (Å²) >= 11 is 7.91. The van der Waals surface area contributed by atoms with Gasteiger partial charge in [-0.25, -0.2) is 14.5 Å². The van der Waals surface area contributed by atoms with E-state index in [1.54, 1.807) is 16.9 Å². The molecule has 33 heavy (non-hydrogen) atoms. The topological polar surface area (TPSA) is 84.2 Å². The van der Waals surface area contributed by atoms with Crippen LogP contribution in [0.4, 0.5) is 24.7 Å². The number of aryl methyl sites for hydroxylation is 1. The Hall–Kier alpha value is -2.92. The van der Waals surface area contributed by atoms with Crippen molar-refractivity contribution in [1.82, 2.24) is 24.9 Å². The van der Waals surface area contributed by atoms with Gasteiger partial charge in [-0.2, -0.15) is 18.3 Å². The molecule has 5 rings (SSSR count). The average Bonchev–Trinajstić information content (AvgIpc) is 3.36. The molecule has 1 aliphatic carbocycles. The van der Waals surface area contributed by atoms with Gasteiger partial charge >= 0.3 is 6.18 Å². The van der Waals surface area contributed by atoms with Crippen LogP contribution < -0.4 is 10.6 Å². The Morgan fingerprint density at radius 1 is 1.33 bits per heavy atom. The van der Waals surface area contributed by atoms with Gasteiger partial charge in [0.25, 0.3) is 0 Å². The largest absolute Gasteiger partial charge is 0.390 e. The molecule has 7 nitrogen and oxygen atoms in total. The standard InChI is InChI=1S/C21H18ClF3N6OS/c22-14-9-31-12(3-5-29-31)8-15(14)30-18-17-13-2-1-11(19(32)26-6-4-21(23,24)25)7-16(13)33-20(17)28-10-27-18/h3,5,8-11H,1-2,4,6-7H2,(H,26,32)(H,27,28,30)/t11-/m0/s1. The van der Waals surface area contributed by atoms with Crippen molar-refractivity contribution < 1.29 is 18.0 Å². The summed E-state index contributed by atoms with van der Waals surface area (Å²) in [5.41, 5.74) is 2.63. The monoisotopic (exact) mass is 494 g/mol. The summed E-state index contributed by atoms with van der Waals surface area (Å²) in [5, 5.41) is 11.3. The summed E-state index contributed by atoms with van der Waals surface area (Å²) in [6.07, 6.45) is 1.18. The van der Waals surface area contributed by atoms with Crippen molar-refractivity contribution in [2.45, 2.75) is 31.9 Å². The van der Waals surface area contributed by atoms with Gasteiger partial charge in [-0.1, -0.05) is 11.6 Å². The van der Waals surface area contributed by atoms with Crippen molar-refractivity contribution in [3.8, 4) is 0 Å². The zero-order valence-corrected chi connectivity index (χ0v) is 18.7. The highest BCUT2D eigenvalue weighted by molar-refractivity contribution is 7.19. The minimum absolute atomic E-state index is 0.340. The van der Waals surface area contributed by atoms with Crippen LogP contribution in [0.2, 0.25) is 5.02 Å². The molecule has 4 aromatic heterocycles. The molecule has 0 saturated carbocycles. The van der Waals surface area contributed by atoms with E-state index in [1.807, 2.05) is 12.1 Å². The molecule has 0 aromatic carbocycles. The van der Waals surface area contributed by atoms with Gasteiger partial charge in [0.1, 0.15) is 17.0 Å². The number of aromatic nitrogens is 4. The highest BCUT2D eigenvalue weighted by Crippen LogP contribution is 2.41. The average molecular weight is 495 g/mol. The molecule has 0 unspecified atom stereocenters. The van der Waals surface area contributed by atoms with Gasteiger partial charge in [0.05, 0.1) is 28.0 Å². The molecular weight excluding hydrogens is 477 g/mol. The fraction of sp³-hybridized carbons (Fsp3) is 0.333. The van der Waals surface area contributed by atoms with Gasteiger partial charge in [-0.3, -0.25) is 4.79 Å². The molecule has 1 atom stereocenters. The Morgan fingerprint density at radius 2 is 2.18 bits per heavy atom. The Bertz CT molecular complexity index is 1350. The minimum atomic E-state index is -4.29. The Balaban J connectivity index is 1.38. The molecule has 2 N–H and O–H groups in total. The minimum Gasteiger partial charge on any atom is -0.356 e. The first kappa shape index (κ1) is 21.9. The summed E-state index contributed by atoms with van der Waals surface area (Å²) < 4.78 is 38.8. The number of hydrogen-bond acceptors (Lipinski definition) is 6. The van der Waals surface area contributed by atoms with Crippen LogP contribution in [0, 0.1) is 5.92 Å². The number of pyridine rings is 1. The van der Waals surface area contributed by atoms with E-state index in [2.05, 4.69) is 25.7 Å². The van der Waals surface area contributed by atoms with E-state index in [0.717, 1.165) is 26.2 Å². The lowest BCUT2D eigenvalue weighted by atomic mass is 9.87. The molecule has 12 heteroatoms. The number of rotatable bonds is 5. The fourth-order valence-electron chi connectivity index (χ4n) is 4.06. The second kappa shape index (κ2) is 8.45. The molecule has 4 aromatic rings.